The van der Waals surface area contributed by atoms with Crippen LogP contribution < -0.4 is 0 Å². The Balaban J connectivity index is 1.41. The Bertz CT molecular complexity index is 692. The highest BCUT2D eigenvalue weighted by Gasteiger charge is 2.31. The topological polar surface area (TPSA) is 109 Å². The molecule has 1 aromatic rings. The Labute approximate surface area is 163 Å². The van der Waals surface area contributed by atoms with E-state index >= 15 is 0 Å². The highest BCUT2D eigenvalue weighted by molar-refractivity contribution is 6.34. The van der Waals surface area contributed by atoms with E-state index in [9.17, 15) is 14.4 Å². The van der Waals surface area contributed by atoms with E-state index in [1.165, 1.54) is 9.80 Å². The minimum Gasteiger partial charge on any atom is -0.378 e. The molecule has 0 atom stereocenters. The monoisotopic (exact) mass is 393 g/mol. The van der Waals surface area contributed by atoms with Crippen LogP contribution in [-0.2, 0) is 32.0 Å². The molecule has 3 rings (SSSR count). The maximum absolute atomic E-state index is 12.4. The van der Waals surface area contributed by atoms with Gasteiger partial charge in [0, 0.05) is 58.5 Å². The van der Waals surface area contributed by atoms with Crippen molar-refractivity contribution in [2.24, 2.45) is 0 Å². The Morgan fingerprint density at radius 2 is 1.50 bits per heavy atom. The number of amides is 3. The number of piperazine rings is 1. The summed E-state index contributed by atoms with van der Waals surface area (Å²) in [5.41, 5.74) is 0. The summed E-state index contributed by atoms with van der Waals surface area (Å²) in [5.74, 6) is 0.149. The van der Waals surface area contributed by atoms with Crippen LogP contribution >= 0.6 is 0 Å². The molecule has 2 aliphatic rings. The minimum atomic E-state index is -0.497. The molecule has 3 heterocycles. The van der Waals surface area contributed by atoms with Crippen molar-refractivity contribution in [2.45, 2.75) is 32.6 Å². The summed E-state index contributed by atoms with van der Waals surface area (Å²) in [6, 6.07) is 0. The third-order valence-corrected chi connectivity index (χ3v) is 4.94. The number of morpholine rings is 1. The quantitative estimate of drug-likeness (QED) is 0.620. The van der Waals surface area contributed by atoms with Crippen molar-refractivity contribution >= 4 is 17.7 Å². The van der Waals surface area contributed by atoms with Crippen LogP contribution in [0.4, 0.5) is 0 Å². The lowest BCUT2D eigenvalue weighted by Crippen LogP contribution is -2.55. The van der Waals surface area contributed by atoms with Gasteiger partial charge in [-0.15, -0.1) is 0 Å². The fourth-order valence-electron chi connectivity index (χ4n) is 3.28. The molecule has 154 valence electrons. The molecule has 10 nitrogen and oxygen atoms in total. The number of hydrogen-bond donors (Lipinski definition) is 0. The van der Waals surface area contributed by atoms with Crippen molar-refractivity contribution in [1.29, 1.82) is 0 Å². The van der Waals surface area contributed by atoms with Gasteiger partial charge in [-0.2, -0.15) is 4.98 Å². The molecule has 3 amide bonds. The third kappa shape index (κ3) is 5.06. The zero-order chi connectivity index (χ0) is 19.9. The van der Waals surface area contributed by atoms with E-state index < -0.39 is 11.8 Å². The van der Waals surface area contributed by atoms with Crippen molar-refractivity contribution in [2.75, 3.05) is 52.5 Å². The number of rotatable bonds is 5. The SMILES string of the molecule is CCCc1noc(CCC(=O)N2CCN(C(=O)C(=O)N3CCOCC3)CC2)n1. The average Bonchev–Trinajstić information content (AvgIpc) is 3.19. The lowest BCUT2D eigenvalue weighted by atomic mass is 10.2. The van der Waals surface area contributed by atoms with Gasteiger partial charge in [0.05, 0.1) is 13.2 Å². The summed E-state index contributed by atoms with van der Waals surface area (Å²) in [6.45, 7) is 5.42. The number of ether oxygens (including phenoxy) is 1. The summed E-state index contributed by atoms with van der Waals surface area (Å²) < 4.78 is 10.4. The molecule has 0 bridgehead atoms. The van der Waals surface area contributed by atoms with E-state index in [4.69, 9.17) is 9.26 Å². The molecule has 0 unspecified atom stereocenters. The molecule has 1 aromatic heterocycles. The molecular formula is C18H27N5O5. The van der Waals surface area contributed by atoms with E-state index in [0.717, 1.165) is 12.8 Å². The fraction of sp³-hybridized carbons (Fsp3) is 0.722. The van der Waals surface area contributed by atoms with Gasteiger partial charge in [0.2, 0.25) is 11.8 Å². The van der Waals surface area contributed by atoms with E-state index in [0.29, 0.717) is 70.6 Å². The maximum atomic E-state index is 12.4. The molecule has 0 spiro atoms. The number of hydrogen-bond acceptors (Lipinski definition) is 7. The van der Waals surface area contributed by atoms with Crippen molar-refractivity contribution in [3.05, 3.63) is 11.7 Å². The van der Waals surface area contributed by atoms with E-state index in [1.807, 2.05) is 6.92 Å². The summed E-state index contributed by atoms with van der Waals surface area (Å²) in [6.07, 6.45) is 2.39. The molecule has 0 aliphatic carbocycles. The molecule has 2 aliphatic heterocycles. The largest absolute Gasteiger partial charge is 0.378 e. The molecule has 2 saturated heterocycles. The van der Waals surface area contributed by atoms with Crippen LogP contribution in [0.3, 0.4) is 0 Å². The highest BCUT2D eigenvalue weighted by Crippen LogP contribution is 2.09. The average molecular weight is 393 g/mol. The standard InChI is InChI=1S/C18H27N5O5/c1-2-3-14-19-15(28-20-14)4-5-16(24)21-6-8-22(9-7-21)17(25)18(26)23-10-12-27-13-11-23/h2-13H2,1H3. The van der Waals surface area contributed by atoms with E-state index in [1.54, 1.807) is 4.90 Å². The summed E-state index contributed by atoms with van der Waals surface area (Å²) in [7, 11) is 0. The van der Waals surface area contributed by atoms with Crippen molar-refractivity contribution in [3.63, 3.8) is 0 Å². The van der Waals surface area contributed by atoms with Crippen LogP contribution in [0.5, 0.6) is 0 Å². The molecule has 0 aromatic carbocycles. The van der Waals surface area contributed by atoms with Crippen LogP contribution in [0.1, 0.15) is 31.5 Å². The van der Waals surface area contributed by atoms with E-state index in [2.05, 4.69) is 10.1 Å². The number of carbonyl (C=O) groups is 3. The second-order valence-electron chi connectivity index (χ2n) is 6.93. The first-order chi connectivity index (χ1) is 13.6. The molecular weight excluding hydrogens is 366 g/mol. The van der Waals surface area contributed by atoms with Gasteiger partial charge in [0.15, 0.2) is 5.82 Å². The van der Waals surface area contributed by atoms with Gasteiger partial charge in [0.1, 0.15) is 0 Å². The number of aryl methyl sites for hydroxylation is 2. The Morgan fingerprint density at radius 1 is 0.893 bits per heavy atom. The van der Waals surface area contributed by atoms with Crippen molar-refractivity contribution in [3.8, 4) is 0 Å². The van der Waals surface area contributed by atoms with Gasteiger partial charge in [-0.25, -0.2) is 0 Å². The third-order valence-electron chi connectivity index (χ3n) is 4.94. The second kappa shape index (κ2) is 9.63. The van der Waals surface area contributed by atoms with Gasteiger partial charge in [-0.3, -0.25) is 14.4 Å². The van der Waals surface area contributed by atoms with Gasteiger partial charge >= 0.3 is 11.8 Å². The minimum absolute atomic E-state index is 0.0122. The highest BCUT2D eigenvalue weighted by atomic mass is 16.5. The Hall–Kier alpha value is -2.49. The Kier molecular flexibility index (Phi) is 6.96. The van der Waals surface area contributed by atoms with Crippen LogP contribution in [0.25, 0.3) is 0 Å². The zero-order valence-corrected chi connectivity index (χ0v) is 16.3. The molecule has 0 N–H and O–H groups in total. The first kappa shape index (κ1) is 20.2. The molecule has 2 fully saturated rings. The Morgan fingerprint density at radius 3 is 2.14 bits per heavy atom. The number of nitrogens with zero attached hydrogens (tertiary/aromatic N) is 5. The predicted molar refractivity (Wildman–Crippen MR) is 97.2 cm³/mol. The van der Waals surface area contributed by atoms with Crippen LogP contribution in [0, 0.1) is 0 Å². The molecule has 0 saturated carbocycles. The first-order valence-electron chi connectivity index (χ1n) is 9.83. The first-order valence-corrected chi connectivity index (χ1v) is 9.83. The normalized spacial score (nSPS) is 17.7. The lowest BCUT2D eigenvalue weighted by molar-refractivity contribution is -0.155. The van der Waals surface area contributed by atoms with Crippen LogP contribution in [0.15, 0.2) is 4.52 Å². The number of aromatic nitrogens is 2. The molecule has 10 heteroatoms. The van der Waals surface area contributed by atoms with E-state index in [-0.39, 0.29) is 12.3 Å². The van der Waals surface area contributed by atoms with Crippen LogP contribution in [0.2, 0.25) is 0 Å². The predicted octanol–water partition coefficient (Wildman–Crippen LogP) is -0.516. The summed E-state index contributed by atoms with van der Waals surface area (Å²) >= 11 is 0. The fourth-order valence-corrected chi connectivity index (χ4v) is 3.28. The lowest BCUT2D eigenvalue weighted by Gasteiger charge is -2.35. The van der Waals surface area contributed by atoms with Crippen molar-refractivity contribution < 1.29 is 23.6 Å². The van der Waals surface area contributed by atoms with Crippen LogP contribution in [-0.4, -0.2) is 95.0 Å². The maximum Gasteiger partial charge on any atom is 0.312 e. The molecule has 28 heavy (non-hydrogen) atoms. The summed E-state index contributed by atoms with van der Waals surface area (Å²) in [5, 5.41) is 3.88. The van der Waals surface area contributed by atoms with Crippen molar-refractivity contribution in [1.82, 2.24) is 24.8 Å². The van der Waals surface area contributed by atoms with Gasteiger partial charge < -0.3 is 24.0 Å². The summed E-state index contributed by atoms with van der Waals surface area (Å²) in [4.78, 5) is 46.1. The van der Waals surface area contributed by atoms with Gasteiger partial charge in [-0.1, -0.05) is 12.1 Å². The zero-order valence-electron chi connectivity index (χ0n) is 16.3. The molecule has 0 radical (unpaired) electrons. The smallest absolute Gasteiger partial charge is 0.312 e. The van der Waals surface area contributed by atoms with Gasteiger partial charge in [-0.05, 0) is 6.42 Å². The van der Waals surface area contributed by atoms with Gasteiger partial charge in [0.25, 0.3) is 0 Å². The number of carbonyl (C=O) groups excluding carboxylic acids is 3. The second-order valence-corrected chi connectivity index (χ2v) is 6.93.